The number of aldehydes is 1. The van der Waals surface area contributed by atoms with Crippen LogP contribution in [0, 0.1) is 6.57 Å². The van der Waals surface area contributed by atoms with E-state index in [0.717, 1.165) is 17.7 Å². The molecule has 0 spiro atoms. The van der Waals surface area contributed by atoms with E-state index in [4.69, 9.17) is 6.57 Å². The number of anilines is 2. The Kier molecular flexibility index (Phi) is 5.35. The Morgan fingerprint density at radius 3 is 2.83 bits per heavy atom. The van der Waals surface area contributed by atoms with Crippen LogP contribution >= 0.6 is 0 Å². The first-order valence-electron chi connectivity index (χ1n) is 11.5. The lowest BCUT2D eigenvalue weighted by atomic mass is 9.60. The molecule has 3 aromatic rings. The molecule has 1 aliphatic carbocycles. The number of rotatable bonds is 6. The predicted molar refractivity (Wildman–Crippen MR) is 129 cm³/mol. The van der Waals surface area contributed by atoms with E-state index in [9.17, 15) is 9.59 Å². The third kappa shape index (κ3) is 3.93. The van der Waals surface area contributed by atoms with E-state index in [1.807, 2.05) is 31.5 Å². The molecule has 35 heavy (non-hydrogen) atoms. The molecule has 1 amide bonds. The highest BCUT2D eigenvalue weighted by atomic mass is 16.2. The number of fused-ring (bicyclic) bond motifs is 1. The molecular weight excluding hydrogens is 444 g/mol. The van der Waals surface area contributed by atoms with Gasteiger partial charge in [0, 0.05) is 55.4 Å². The summed E-state index contributed by atoms with van der Waals surface area (Å²) in [5.41, 5.74) is 2.88. The number of carbonyl (C=O) groups is 2. The number of pyridine rings is 2. The maximum Gasteiger partial charge on any atom is 0.274 e. The van der Waals surface area contributed by atoms with Gasteiger partial charge in [0.25, 0.3) is 5.91 Å². The van der Waals surface area contributed by atoms with Crippen molar-refractivity contribution in [3.63, 3.8) is 0 Å². The van der Waals surface area contributed by atoms with Gasteiger partial charge in [-0.15, -0.1) is 10.2 Å². The number of aryl methyl sites for hydroxylation is 1. The first-order valence-corrected chi connectivity index (χ1v) is 11.5. The quantitative estimate of drug-likeness (QED) is 0.420. The van der Waals surface area contributed by atoms with Crippen molar-refractivity contribution in [3.05, 3.63) is 70.6 Å². The van der Waals surface area contributed by atoms with Crippen molar-refractivity contribution < 1.29 is 9.59 Å². The minimum atomic E-state index is -0.410. The van der Waals surface area contributed by atoms with Crippen molar-refractivity contribution in [2.45, 2.75) is 50.0 Å². The maximum absolute atomic E-state index is 13.1. The molecule has 1 fully saturated rings. The molecule has 0 atom stereocenters. The molecule has 4 heterocycles. The lowest BCUT2D eigenvalue weighted by Crippen LogP contribution is -2.45. The average Bonchev–Trinajstić information content (AvgIpc) is 3.37. The molecule has 0 bridgehead atoms. The average molecular weight is 471 g/mol. The topological polar surface area (TPSA) is 119 Å². The first kappa shape index (κ1) is 22.7. The van der Waals surface area contributed by atoms with Gasteiger partial charge in [-0.3, -0.25) is 14.6 Å². The van der Waals surface area contributed by atoms with E-state index in [2.05, 4.69) is 35.6 Å². The summed E-state index contributed by atoms with van der Waals surface area (Å²) in [5.74, 6) is 0.426. The van der Waals surface area contributed by atoms with Crippen LogP contribution in [0.25, 0.3) is 4.85 Å². The largest absolute Gasteiger partial charge is 0.382 e. The van der Waals surface area contributed by atoms with E-state index >= 15 is 0 Å². The Hall–Kier alpha value is -4.13. The molecule has 178 valence electrons. The maximum atomic E-state index is 13.1. The predicted octanol–water partition coefficient (Wildman–Crippen LogP) is 2.94. The fourth-order valence-corrected chi connectivity index (χ4v) is 5.02. The Bertz CT molecular complexity index is 1360. The van der Waals surface area contributed by atoms with E-state index in [-0.39, 0.29) is 22.6 Å². The van der Waals surface area contributed by atoms with Crippen LogP contribution in [0.4, 0.5) is 11.4 Å². The van der Waals surface area contributed by atoms with Crippen molar-refractivity contribution in [2.24, 2.45) is 7.05 Å². The summed E-state index contributed by atoms with van der Waals surface area (Å²) in [4.78, 5) is 37.5. The Morgan fingerprint density at radius 1 is 1.34 bits per heavy atom. The van der Waals surface area contributed by atoms with E-state index in [0.29, 0.717) is 48.4 Å². The summed E-state index contributed by atoms with van der Waals surface area (Å²) in [7, 11) is 1.90. The van der Waals surface area contributed by atoms with Crippen LogP contribution in [0.15, 0.2) is 30.9 Å². The van der Waals surface area contributed by atoms with Gasteiger partial charge in [-0.05, 0) is 17.7 Å². The molecule has 10 heteroatoms. The van der Waals surface area contributed by atoms with Gasteiger partial charge in [0.1, 0.15) is 17.8 Å². The highest BCUT2D eigenvalue weighted by Crippen LogP contribution is 2.48. The van der Waals surface area contributed by atoms with E-state index < -0.39 is 5.91 Å². The molecule has 0 radical (unpaired) electrons. The zero-order valence-electron chi connectivity index (χ0n) is 19.9. The third-order valence-electron chi connectivity index (χ3n) is 7.10. The second-order valence-corrected chi connectivity index (χ2v) is 10.1. The minimum Gasteiger partial charge on any atom is -0.382 e. The minimum absolute atomic E-state index is 0.0455. The number of nitrogens with zero attached hydrogens (tertiary/aromatic N) is 6. The lowest BCUT2D eigenvalue weighted by molar-refractivity contribution is 0.102. The van der Waals surface area contributed by atoms with Crippen LogP contribution in [0.5, 0.6) is 0 Å². The molecule has 0 unspecified atom stereocenters. The number of amides is 1. The molecule has 3 aromatic heterocycles. The summed E-state index contributed by atoms with van der Waals surface area (Å²) >= 11 is 0. The number of hydrogen-bond acceptors (Lipinski definition) is 7. The molecule has 1 saturated carbocycles. The van der Waals surface area contributed by atoms with Gasteiger partial charge in [-0.25, -0.2) is 11.6 Å². The van der Waals surface area contributed by atoms with Gasteiger partial charge in [-0.2, -0.15) is 0 Å². The van der Waals surface area contributed by atoms with Gasteiger partial charge in [0.15, 0.2) is 6.29 Å². The fourth-order valence-electron chi connectivity index (χ4n) is 5.02. The SMILES string of the molecule is [C-]#[N+]C1CC(Cc2nncn2C)(c2cncc(NC(=O)c3cc(C=O)c4c(n3)C(C)(C)CN4)c2)C1. The molecule has 2 N–H and O–H groups in total. The second-order valence-electron chi connectivity index (χ2n) is 10.1. The molecule has 5 rings (SSSR count). The summed E-state index contributed by atoms with van der Waals surface area (Å²) in [6.45, 7) is 12.1. The van der Waals surface area contributed by atoms with Gasteiger partial charge < -0.3 is 20.0 Å². The van der Waals surface area contributed by atoms with E-state index in [1.165, 1.54) is 6.07 Å². The lowest BCUT2D eigenvalue weighted by Gasteiger charge is -2.42. The summed E-state index contributed by atoms with van der Waals surface area (Å²) in [6, 6.07) is 3.37. The summed E-state index contributed by atoms with van der Waals surface area (Å²) < 4.78 is 1.88. The molecule has 2 aliphatic rings. The van der Waals surface area contributed by atoms with Crippen LogP contribution in [0.3, 0.4) is 0 Å². The third-order valence-corrected chi connectivity index (χ3v) is 7.10. The summed E-state index contributed by atoms with van der Waals surface area (Å²) in [5, 5.41) is 14.3. The standard InChI is InChI=1S/C25H26N8O2/c1-24(2)13-28-21-15(12-34)5-19(31-22(21)24)23(35)30-17-6-16(10-27-11-17)25(7-18(8-25)26-3)9-20-32-29-14-33(20)4/h5-6,10-12,14,18,28H,7-9,13H2,1-2,4H3,(H,30,35). The number of carbonyl (C=O) groups excluding carboxylic acids is 2. The Morgan fingerprint density at radius 2 is 2.14 bits per heavy atom. The second kappa shape index (κ2) is 8.27. The highest BCUT2D eigenvalue weighted by molar-refractivity contribution is 6.04. The smallest absolute Gasteiger partial charge is 0.274 e. The van der Waals surface area contributed by atoms with Crippen LogP contribution in [0.1, 0.15) is 64.6 Å². The normalized spacial score (nSPS) is 21.8. The van der Waals surface area contributed by atoms with Crippen LogP contribution in [-0.2, 0) is 24.3 Å². The Balaban J connectivity index is 1.43. The zero-order chi connectivity index (χ0) is 24.8. The number of aromatic nitrogens is 5. The van der Waals surface area contributed by atoms with E-state index in [1.54, 1.807) is 18.7 Å². The molecular formula is C25H26N8O2. The first-order chi connectivity index (χ1) is 16.7. The van der Waals surface area contributed by atoms with Gasteiger partial charge in [0.2, 0.25) is 6.04 Å². The van der Waals surface area contributed by atoms with Gasteiger partial charge >= 0.3 is 0 Å². The van der Waals surface area contributed by atoms with Gasteiger partial charge in [0.05, 0.1) is 23.3 Å². The molecule has 0 aromatic carbocycles. The summed E-state index contributed by atoms with van der Waals surface area (Å²) in [6.07, 6.45) is 7.80. The number of hydrogen-bond donors (Lipinski definition) is 2. The van der Waals surface area contributed by atoms with Crippen molar-refractivity contribution in [2.75, 3.05) is 17.2 Å². The van der Waals surface area contributed by atoms with Crippen LogP contribution in [0.2, 0.25) is 0 Å². The molecule has 10 nitrogen and oxygen atoms in total. The monoisotopic (exact) mass is 470 g/mol. The highest BCUT2D eigenvalue weighted by Gasteiger charge is 2.50. The van der Waals surface area contributed by atoms with Crippen molar-refractivity contribution in [3.8, 4) is 0 Å². The Labute approximate surface area is 203 Å². The van der Waals surface area contributed by atoms with Crippen LogP contribution in [-0.4, -0.2) is 49.5 Å². The molecule has 0 saturated heterocycles. The van der Waals surface area contributed by atoms with Crippen molar-refractivity contribution in [1.82, 2.24) is 24.7 Å². The van der Waals surface area contributed by atoms with Crippen molar-refractivity contribution >= 4 is 23.6 Å². The van der Waals surface area contributed by atoms with Crippen molar-refractivity contribution in [1.29, 1.82) is 0 Å². The number of nitrogens with one attached hydrogen (secondary N) is 2. The molecule has 1 aliphatic heterocycles. The van der Waals surface area contributed by atoms with Crippen LogP contribution < -0.4 is 10.6 Å². The van der Waals surface area contributed by atoms with Gasteiger partial charge in [-0.1, -0.05) is 13.8 Å². The zero-order valence-corrected chi connectivity index (χ0v) is 19.9. The fraction of sp³-hybridized carbons (Fsp3) is 0.400.